The zero-order valence-electron chi connectivity index (χ0n) is 15.6. The highest BCUT2D eigenvalue weighted by molar-refractivity contribution is 5.95. The highest BCUT2D eigenvalue weighted by atomic mass is 16.5. The number of nitrogens with zero attached hydrogens (tertiary/aromatic N) is 1. The molecule has 138 valence electrons. The molecule has 3 rings (SSSR count). The number of nitrogens with one attached hydrogen (secondary N) is 1. The molecule has 5 nitrogen and oxygen atoms in total. The molecule has 25 heavy (non-hydrogen) atoms. The topological polar surface area (TPSA) is 50.8 Å². The van der Waals surface area contributed by atoms with E-state index in [-0.39, 0.29) is 11.9 Å². The molecule has 2 aliphatic rings. The van der Waals surface area contributed by atoms with Crippen LogP contribution in [-0.4, -0.2) is 49.7 Å². The van der Waals surface area contributed by atoms with Gasteiger partial charge in [0.2, 0.25) is 0 Å². The largest absolute Gasteiger partial charge is 0.497 e. The number of rotatable bonds is 6. The van der Waals surface area contributed by atoms with Crippen LogP contribution in [0.3, 0.4) is 0 Å². The first kappa shape index (κ1) is 18.1. The summed E-state index contributed by atoms with van der Waals surface area (Å²) in [6.45, 7) is 3.43. The van der Waals surface area contributed by atoms with Crippen LogP contribution in [0.2, 0.25) is 0 Å². The SMILES string of the molecule is CCCN1C2CCCC1CC(NC(=O)c1cc(OC)cc(OC)c1)C2. The van der Waals surface area contributed by atoms with Gasteiger partial charge in [-0.3, -0.25) is 9.69 Å². The Hall–Kier alpha value is -1.75. The van der Waals surface area contributed by atoms with Gasteiger partial charge < -0.3 is 14.8 Å². The Balaban J connectivity index is 1.68. The number of methoxy groups -OCH3 is 2. The summed E-state index contributed by atoms with van der Waals surface area (Å²) < 4.78 is 10.5. The highest BCUT2D eigenvalue weighted by Gasteiger charge is 2.38. The predicted molar refractivity (Wildman–Crippen MR) is 98.5 cm³/mol. The number of carbonyl (C=O) groups is 1. The molecule has 2 unspecified atom stereocenters. The van der Waals surface area contributed by atoms with Crippen molar-refractivity contribution < 1.29 is 14.3 Å². The van der Waals surface area contributed by atoms with Gasteiger partial charge in [0.25, 0.3) is 5.91 Å². The first-order valence-corrected chi connectivity index (χ1v) is 9.44. The van der Waals surface area contributed by atoms with E-state index in [0.29, 0.717) is 29.1 Å². The fourth-order valence-corrected chi connectivity index (χ4v) is 4.43. The minimum atomic E-state index is -0.0378. The van der Waals surface area contributed by atoms with Crippen LogP contribution in [0.4, 0.5) is 0 Å². The minimum Gasteiger partial charge on any atom is -0.497 e. The summed E-state index contributed by atoms with van der Waals surface area (Å²) in [6.07, 6.45) is 7.16. The Bertz CT molecular complexity index is 568. The van der Waals surface area contributed by atoms with Gasteiger partial charge in [-0.05, 0) is 50.8 Å². The second kappa shape index (κ2) is 8.09. The average Bonchev–Trinajstić information content (AvgIpc) is 2.62. The van der Waals surface area contributed by atoms with Gasteiger partial charge >= 0.3 is 0 Å². The van der Waals surface area contributed by atoms with Crippen molar-refractivity contribution in [3.05, 3.63) is 23.8 Å². The average molecular weight is 346 g/mol. The van der Waals surface area contributed by atoms with E-state index in [0.717, 1.165) is 12.8 Å². The molecule has 0 aromatic heterocycles. The highest BCUT2D eigenvalue weighted by Crippen LogP contribution is 2.34. The lowest BCUT2D eigenvalue weighted by molar-refractivity contribution is 0.0245. The number of ether oxygens (including phenoxy) is 2. The van der Waals surface area contributed by atoms with Crippen molar-refractivity contribution in [1.29, 1.82) is 0 Å². The molecular weight excluding hydrogens is 316 g/mol. The third-order valence-electron chi connectivity index (χ3n) is 5.56. The molecule has 0 spiro atoms. The minimum absolute atomic E-state index is 0.0378. The lowest BCUT2D eigenvalue weighted by Crippen LogP contribution is -2.57. The van der Waals surface area contributed by atoms with Gasteiger partial charge in [0, 0.05) is 29.8 Å². The van der Waals surface area contributed by atoms with Crippen molar-refractivity contribution in [3.8, 4) is 11.5 Å². The molecule has 1 amide bonds. The molecule has 0 aliphatic carbocycles. The van der Waals surface area contributed by atoms with Crippen LogP contribution in [0.1, 0.15) is 55.8 Å². The molecule has 2 aliphatic heterocycles. The van der Waals surface area contributed by atoms with Crippen LogP contribution in [-0.2, 0) is 0 Å². The lowest BCUT2D eigenvalue weighted by Gasteiger charge is -2.49. The van der Waals surface area contributed by atoms with E-state index in [1.54, 1.807) is 32.4 Å². The van der Waals surface area contributed by atoms with Gasteiger partial charge in [0.15, 0.2) is 0 Å². The van der Waals surface area contributed by atoms with E-state index in [2.05, 4.69) is 17.1 Å². The Kier molecular flexibility index (Phi) is 5.84. The van der Waals surface area contributed by atoms with Gasteiger partial charge in [-0.1, -0.05) is 13.3 Å². The van der Waals surface area contributed by atoms with Crippen LogP contribution in [0.5, 0.6) is 11.5 Å². The van der Waals surface area contributed by atoms with Gasteiger partial charge in [-0.15, -0.1) is 0 Å². The molecule has 5 heteroatoms. The van der Waals surface area contributed by atoms with E-state index in [1.165, 1.54) is 32.2 Å². The molecule has 2 bridgehead atoms. The zero-order chi connectivity index (χ0) is 17.8. The van der Waals surface area contributed by atoms with E-state index in [1.807, 2.05) is 0 Å². The maximum atomic E-state index is 12.7. The second-order valence-corrected chi connectivity index (χ2v) is 7.22. The monoisotopic (exact) mass is 346 g/mol. The quantitative estimate of drug-likeness (QED) is 0.859. The number of carbonyl (C=O) groups excluding carboxylic acids is 1. The zero-order valence-corrected chi connectivity index (χ0v) is 15.6. The van der Waals surface area contributed by atoms with Crippen LogP contribution in [0.25, 0.3) is 0 Å². The van der Waals surface area contributed by atoms with Crippen LogP contribution < -0.4 is 14.8 Å². The number of hydrogen-bond acceptors (Lipinski definition) is 4. The number of benzene rings is 1. The standard InChI is InChI=1S/C20H30N2O3/c1-4-8-22-16-6-5-7-17(22)12-15(11-16)21-20(23)14-9-18(24-2)13-19(10-14)25-3/h9-10,13,15-17H,4-8,11-12H2,1-3H3,(H,21,23). The fourth-order valence-electron chi connectivity index (χ4n) is 4.43. The van der Waals surface area contributed by atoms with Crippen molar-refractivity contribution in [2.45, 2.75) is 63.6 Å². The number of piperidine rings is 2. The van der Waals surface area contributed by atoms with Gasteiger partial charge in [0.05, 0.1) is 14.2 Å². The summed E-state index contributed by atoms with van der Waals surface area (Å²) in [5.74, 6) is 1.24. The van der Waals surface area contributed by atoms with E-state index >= 15 is 0 Å². The molecule has 1 aromatic rings. The Morgan fingerprint density at radius 2 is 1.72 bits per heavy atom. The molecule has 2 heterocycles. The smallest absolute Gasteiger partial charge is 0.251 e. The van der Waals surface area contributed by atoms with Crippen molar-refractivity contribution in [1.82, 2.24) is 10.2 Å². The summed E-state index contributed by atoms with van der Waals surface area (Å²) in [6, 6.07) is 6.82. The molecule has 2 fully saturated rings. The second-order valence-electron chi connectivity index (χ2n) is 7.22. The van der Waals surface area contributed by atoms with Crippen molar-refractivity contribution in [2.75, 3.05) is 20.8 Å². The van der Waals surface area contributed by atoms with Crippen molar-refractivity contribution >= 4 is 5.91 Å². The van der Waals surface area contributed by atoms with Crippen LogP contribution >= 0.6 is 0 Å². The van der Waals surface area contributed by atoms with E-state index in [4.69, 9.17) is 9.47 Å². The third kappa shape index (κ3) is 4.09. The molecular formula is C20H30N2O3. The lowest BCUT2D eigenvalue weighted by atomic mass is 9.81. The molecule has 1 N–H and O–H groups in total. The predicted octanol–water partition coefficient (Wildman–Crippen LogP) is 3.23. The van der Waals surface area contributed by atoms with Gasteiger partial charge in [-0.2, -0.15) is 0 Å². The summed E-state index contributed by atoms with van der Waals surface area (Å²) in [5, 5.41) is 3.25. The number of fused-ring (bicyclic) bond motifs is 2. The normalized spacial score (nSPS) is 26.1. The Morgan fingerprint density at radius 3 is 2.24 bits per heavy atom. The van der Waals surface area contributed by atoms with E-state index < -0.39 is 0 Å². The fraction of sp³-hybridized carbons (Fsp3) is 0.650. The van der Waals surface area contributed by atoms with Gasteiger partial charge in [-0.25, -0.2) is 0 Å². The van der Waals surface area contributed by atoms with Crippen molar-refractivity contribution in [2.24, 2.45) is 0 Å². The summed E-state index contributed by atoms with van der Waals surface area (Å²) in [7, 11) is 3.20. The Morgan fingerprint density at radius 1 is 1.12 bits per heavy atom. The maximum Gasteiger partial charge on any atom is 0.251 e. The molecule has 0 saturated carbocycles. The maximum absolute atomic E-state index is 12.7. The van der Waals surface area contributed by atoms with Crippen LogP contribution in [0.15, 0.2) is 18.2 Å². The first-order valence-electron chi connectivity index (χ1n) is 9.44. The molecule has 0 radical (unpaired) electrons. The van der Waals surface area contributed by atoms with Crippen molar-refractivity contribution in [3.63, 3.8) is 0 Å². The number of hydrogen-bond donors (Lipinski definition) is 1. The van der Waals surface area contributed by atoms with Gasteiger partial charge in [0.1, 0.15) is 11.5 Å². The third-order valence-corrected chi connectivity index (χ3v) is 5.56. The molecule has 2 atom stereocenters. The molecule has 2 saturated heterocycles. The summed E-state index contributed by atoms with van der Waals surface area (Å²) >= 11 is 0. The van der Waals surface area contributed by atoms with E-state index in [9.17, 15) is 4.79 Å². The first-order chi connectivity index (χ1) is 12.1. The molecule has 1 aromatic carbocycles. The summed E-state index contributed by atoms with van der Waals surface area (Å²) in [4.78, 5) is 15.4. The van der Waals surface area contributed by atoms with Crippen LogP contribution in [0, 0.1) is 0 Å². The Labute approximate surface area is 150 Å². The summed E-state index contributed by atoms with van der Waals surface area (Å²) in [5.41, 5.74) is 0.595. The number of amides is 1.